The first-order valence-electron chi connectivity index (χ1n) is 24.9. The third-order valence-corrected chi connectivity index (χ3v) is 17.2. The lowest BCUT2D eigenvalue weighted by molar-refractivity contribution is -0.0493. The molecule has 360 valence electrons. The molecule has 4 N–H and O–H groups in total. The largest absolute Gasteiger partial charge is 0.475 e. The number of nitrogens with one attached hydrogen (secondary N) is 3. The van der Waals surface area contributed by atoms with Gasteiger partial charge in [-0.1, -0.05) is 51.5 Å². The molecular formula is C54H66FN7O4S2. The van der Waals surface area contributed by atoms with Gasteiger partial charge in [0.25, 0.3) is 11.8 Å². The molecule has 0 radical (unpaired) electrons. The number of fused-ring (bicyclic) bond motifs is 2. The molecule has 3 aromatic heterocycles. The number of aromatic amines is 1. The predicted octanol–water partition coefficient (Wildman–Crippen LogP) is 12.2. The zero-order valence-corrected chi connectivity index (χ0v) is 41.8. The fourth-order valence-corrected chi connectivity index (χ4v) is 13.3. The van der Waals surface area contributed by atoms with Gasteiger partial charge in [0, 0.05) is 62.8 Å². The zero-order chi connectivity index (χ0) is 47.2. The molecule has 68 heavy (non-hydrogen) atoms. The quantitative estimate of drug-likeness (QED) is 0.0739. The van der Waals surface area contributed by atoms with E-state index in [9.17, 15) is 14.3 Å². The summed E-state index contributed by atoms with van der Waals surface area (Å²) in [6.45, 7) is 15.9. The van der Waals surface area contributed by atoms with Gasteiger partial charge < -0.3 is 29.8 Å². The van der Waals surface area contributed by atoms with E-state index in [4.69, 9.17) is 14.5 Å². The van der Waals surface area contributed by atoms with Crippen LogP contribution in [0, 0.1) is 17.2 Å². The number of ether oxygens (including phenoxy) is 2. The lowest BCUT2D eigenvalue weighted by Crippen LogP contribution is -2.63. The topological polar surface area (TPSA) is 128 Å². The predicted molar refractivity (Wildman–Crippen MR) is 273 cm³/mol. The number of likely N-dealkylation sites (tertiary alicyclic amines) is 1. The van der Waals surface area contributed by atoms with Gasteiger partial charge >= 0.3 is 0 Å². The Morgan fingerprint density at radius 2 is 1.82 bits per heavy atom. The number of pyridine rings is 1. The number of carbonyl (C=O) groups excluding carboxylic acids is 1. The lowest BCUT2D eigenvalue weighted by atomic mass is 9.70. The van der Waals surface area contributed by atoms with Crippen LogP contribution in [0.4, 0.5) is 15.8 Å². The van der Waals surface area contributed by atoms with Crippen LogP contribution in [0.25, 0.3) is 21.3 Å². The molecule has 14 heteroatoms. The molecule has 2 atom stereocenters. The number of benzene rings is 3. The van der Waals surface area contributed by atoms with Crippen LogP contribution >= 0.6 is 23.3 Å². The van der Waals surface area contributed by atoms with Crippen molar-refractivity contribution in [2.75, 3.05) is 49.5 Å². The molecule has 11 nitrogen and oxygen atoms in total. The van der Waals surface area contributed by atoms with Gasteiger partial charge in [-0.15, -0.1) is 11.3 Å². The average Bonchev–Trinajstić information content (AvgIpc) is 4.11. The molecule has 2 aliphatic heterocycles. The highest BCUT2D eigenvalue weighted by Crippen LogP contribution is 2.49. The first-order chi connectivity index (χ1) is 32.9. The van der Waals surface area contributed by atoms with Gasteiger partial charge in [0.1, 0.15) is 17.2 Å². The molecule has 0 bridgehead atoms. The van der Waals surface area contributed by atoms with E-state index in [1.54, 1.807) is 23.0 Å². The first-order valence-corrected chi connectivity index (χ1v) is 26.6. The van der Waals surface area contributed by atoms with E-state index >= 15 is 0 Å². The van der Waals surface area contributed by atoms with E-state index in [0.717, 1.165) is 110 Å². The Morgan fingerprint density at radius 1 is 1.03 bits per heavy atom. The molecule has 2 aliphatic carbocycles. The number of aliphatic hydroxyl groups is 1. The van der Waals surface area contributed by atoms with Crippen LogP contribution in [0.1, 0.15) is 131 Å². The van der Waals surface area contributed by atoms with Crippen molar-refractivity contribution in [3.05, 3.63) is 94.4 Å². The Balaban J connectivity index is 0.867. The van der Waals surface area contributed by atoms with Crippen molar-refractivity contribution in [3.63, 3.8) is 0 Å². The van der Waals surface area contributed by atoms with Gasteiger partial charge in [0.15, 0.2) is 5.75 Å². The number of aryl methyl sites for hydroxylation is 1. The summed E-state index contributed by atoms with van der Waals surface area (Å²) in [5, 5.41) is 14.5. The van der Waals surface area contributed by atoms with Gasteiger partial charge in [0.2, 0.25) is 0 Å². The summed E-state index contributed by atoms with van der Waals surface area (Å²) in [7, 11) is 0. The molecule has 4 fully saturated rings. The molecule has 6 aromatic rings. The van der Waals surface area contributed by atoms with Gasteiger partial charge in [-0.2, -0.15) is 4.98 Å². The lowest BCUT2D eigenvalue weighted by Gasteiger charge is -2.57. The number of hydrogen-bond acceptors (Lipinski definition) is 11. The number of piperidine rings is 1. The summed E-state index contributed by atoms with van der Waals surface area (Å²) in [4.78, 5) is 32.7. The molecule has 0 unspecified atom stereocenters. The standard InChI is InChI=1S/C54H66FN7O4S2/c1-6-35-25-46(48-49(67-32-58-48)47(35)56-28-34-17-19-53(5,64)20-18-34)68-60-51(63)40-16-15-36(26-44(40)66-45-27-41-42(55)29-57-50(41)59-52(45)65-7-2)61-23-21-54(22-24-61)30-62(31-54)43-14-10-13-39(43)38-12-9-8-11-37(38)33(3)4/h8-9,11-12,15-16,25-27,29,32-34,39,43,56,64H,6-7,10,13-14,17-24,28,30-31H2,1-5H3,(H,57,59)(H,60,63)/t34-,39-,43-,53-/m0/s1. The number of carbonyl (C=O) groups is 1. The summed E-state index contributed by atoms with van der Waals surface area (Å²) in [5.41, 5.74) is 9.43. The van der Waals surface area contributed by atoms with Gasteiger partial charge in [0.05, 0.1) is 49.5 Å². The SMILES string of the molecule is CCOc1nc2[nH]cc(F)c2cc1Oc1cc(N2CCC3(CC2)CN([C@H]2CCC[C@H]2c2ccccc2C(C)C)C3)ccc1C(=O)NSc1cc(CC)c(NC[C@H]2CC[C@](C)(O)CC2)c2scnc12. The Hall–Kier alpha value is -4.89. The average molecular weight is 960 g/mol. The Morgan fingerprint density at radius 3 is 2.59 bits per heavy atom. The maximum Gasteiger partial charge on any atom is 0.265 e. The minimum absolute atomic E-state index is 0.210. The summed E-state index contributed by atoms with van der Waals surface area (Å²) < 4.78 is 31.7. The highest BCUT2D eigenvalue weighted by atomic mass is 32.2. The number of aromatic nitrogens is 3. The van der Waals surface area contributed by atoms with Crippen LogP contribution in [0.2, 0.25) is 0 Å². The number of nitrogens with zero attached hydrogens (tertiary/aromatic N) is 4. The first kappa shape index (κ1) is 46.8. The number of H-pyrrole nitrogens is 1. The summed E-state index contributed by atoms with van der Waals surface area (Å²) in [5.74, 6) is 1.61. The minimum Gasteiger partial charge on any atom is -0.475 e. The third kappa shape index (κ3) is 9.42. The highest BCUT2D eigenvalue weighted by molar-refractivity contribution is 7.98. The number of rotatable bonds is 15. The van der Waals surface area contributed by atoms with Crippen LogP contribution in [-0.2, 0) is 6.42 Å². The molecule has 5 heterocycles. The Labute approximate surface area is 408 Å². The van der Waals surface area contributed by atoms with Crippen molar-refractivity contribution in [3.8, 4) is 17.4 Å². The molecule has 2 saturated heterocycles. The monoisotopic (exact) mass is 959 g/mol. The molecule has 10 rings (SSSR count). The molecular weight excluding hydrogens is 894 g/mol. The second-order valence-corrected chi connectivity index (χ2v) is 22.2. The Kier molecular flexibility index (Phi) is 13.4. The fourth-order valence-electron chi connectivity index (χ4n) is 11.6. The maximum absolute atomic E-state index is 15.0. The third-order valence-electron chi connectivity index (χ3n) is 15.5. The maximum atomic E-state index is 15.0. The van der Waals surface area contributed by atoms with E-state index in [1.807, 2.05) is 37.6 Å². The molecule has 2 saturated carbocycles. The van der Waals surface area contributed by atoms with E-state index in [1.165, 1.54) is 43.0 Å². The second-order valence-electron chi connectivity index (χ2n) is 20.5. The smallest absolute Gasteiger partial charge is 0.265 e. The van der Waals surface area contributed by atoms with Crippen molar-refractivity contribution in [1.82, 2.24) is 24.6 Å². The summed E-state index contributed by atoms with van der Waals surface area (Å²) >= 11 is 2.85. The van der Waals surface area contributed by atoms with E-state index in [-0.39, 0.29) is 22.9 Å². The number of amides is 1. The molecule has 1 amide bonds. The van der Waals surface area contributed by atoms with Gasteiger partial charge in [-0.25, -0.2) is 9.37 Å². The molecule has 1 spiro atoms. The highest BCUT2D eigenvalue weighted by Gasteiger charge is 2.49. The van der Waals surface area contributed by atoms with Gasteiger partial charge in [-0.3, -0.25) is 14.4 Å². The number of halogens is 1. The van der Waals surface area contributed by atoms with E-state index in [2.05, 4.69) is 80.9 Å². The van der Waals surface area contributed by atoms with Crippen LogP contribution in [0.15, 0.2) is 71.2 Å². The van der Waals surface area contributed by atoms with Gasteiger partial charge in [-0.05, 0) is 142 Å². The summed E-state index contributed by atoms with van der Waals surface area (Å²) in [6.07, 6.45) is 11.7. The molecule has 3 aromatic carbocycles. The summed E-state index contributed by atoms with van der Waals surface area (Å²) in [6, 6.07) is 19.3. The van der Waals surface area contributed by atoms with Crippen molar-refractivity contribution < 1.29 is 23.8 Å². The normalized spacial score (nSPS) is 22.8. The van der Waals surface area contributed by atoms with Crippen molar-refractivity contribution in [2.45, 2.75) is 127 Å². The number of thiazole rings is 1. The van der Waals surface area contributed by atoms with E-state index < -0.39 is 11.4 Å². The minimum atomic E-state index is -0.564. The van der Waals surface area contributed by atoms with Crippen molar-refractivity contribution >= 4 is 61.8 Å². The van der Waals surface area contributed by atoms with Crippen molar-refractivity contribution in [2.24, 2.45) is 11.3 Å². The van der Waals surface area contributed by atoms with Crippen LogP contribution in [-0.4, -0.2) is 81.8 Å². The number of hydrogen-bond donors (Lipinski definition) is 4. The zero-order valence-electron chi connectivity index (χ0n) is 40.1. The van der Waals surface area contributed by atoms with Crippen molar-refractivity contribution in [1.29, 1.82) is 0 Å². The van der Waals surface area contributed by atoms with E-state index in [0.29, 0.717) is 52.8 Å². The molecule has 4 aliphatic rings. The fraction of sp³-hybridized carbons (Fsp3) is 0.500. The van der Waals surface area contributed by atoms with Crippen LogP contribution < -0.4 is 24.4 Å². The van der Waals surface area contributed by atoms with Crippen LogP contribution in [0.3, 0.4) is 0 Å². The number of anilines is 2. The second kappa shape index (κ2) is 19.5. The Bertz CT molecular complexity index is 2760. The van der Waals surface area contributed by atoms with Crippen LogP contribution in [0.5, 0.6) is 17.4 Å².